The van der Waals surface area contributed by atoms with E-state index in [1.54, 1.807) is 0 Å². The quantitative estimate of drug-likeness (QED) is 0.465. The Balaban J connectivity index is 1.48. The van der Waals surface area contributed by atoms with Gasteiger partial charge in [0.15, 0.2) is 23.2 Å². The Morgan fingerprint density at radius 3 is 2.69 bits per heavy atom. The number of esters is 1. The van der Waals surface area contributed by atoms with Crippen LogP contribution < -0.4 is 5.32 Å². The zero-order valence-corrected chi connectivity index (χ0v) is 18.5. The van der Waals surface area contributed by atoms with Gasteiger partial charge in [-0.3, -0.25) is 9.36 Å². The van der Waals surface area contributed by atoms with E-state index >= 15 is 0 Å². The van der Waals surface area contributed by atoms with Gasteiger partial charge in [0.05, 0.1) is 24.9 Å². The Morgan fingerprint density at radius 1 is 1.22 bits per heavy atom. The van der Waals surface area contributed by atoms with Crippen LogP contribution in [0.3, 0.4) is 0 Å². The molecule has 1 aliphatic heterocycles. The van der Waals surface area contributed by atoms with Gasteiger partial charge in [0.1, 0.15) is 31.2 Å². The zero-order chi connectivity index (χ0) is 23.0. The van der Waals surface area contributed by atoms with Crippen molar-refractivity contribution in [3.63, 3.8) is 0 Å². The highest BCUT2D eigenvalue weighted by molar-refractivity contribution is 5.82. The number of carbonyl (C=O) groups is 1. The third-order valence-corrected chi connectivity index (χ3v) is 5.85. The molecule has 1 saturated heterocycles. The number of aliphatic hydroxyl groups is 3. The van der Waals surface area contributed by atoms with Crippen LogP contribution in [-0.4, -0.2) is 77.9 Å². The van der Waals surface area contributed by atoms with E-state index in [1.165, 1.54) is 17.2 Å². The number of imidazole rings is 1. The SMILES string of the molecule is CC(C)(C)CC(=O)OC[C@H]1OC(n2cnc3c(N[C@@H]4CCC[C@H]4O)ncnc32)[C@H](O)[C@@H]1O. The fourth-order valence-corrected chi connectivity index (χ4v) is 4.18. The van der Waals surface area contributed by atoms with Crippen LogP contribution in [0.1, 0.15) is 52.7 Å². The van der Waals surface area contributed by atoms with E-state index in [-0.39, 0.29) is 24.5 Å². The normalized spacial score (nSPS) is 30.7. The van der Waals surface area contributed by atoms with E-state index in [4.69, 9.17) is 9.47 Å². The van der Waals surface area contributed by atoms with Gasteiger partial charge in [-0.05, 0) is 24.7 Å². The molecule has 1 unspecified atom stereocenters. The molecule has 0 spiro atoms. The van der Waals surface area contributed by atoms with Crippen molar-refractivity contribution in [1.82, 2.24) is 19.5 Å². The molecule has 0 amide bonds. The Bertz CT molecular complexity index is 960. The van der Waals surface area contributed by atoms with Gasteiger partial charge >= 0.3 is 5.97 Å². The van der Waals surface area contributed by atoms with Crippen molar-refractivity contribution >= 4 is 23.0 Å². The van der Waals surface area contributed by atoms with Crippen LogP contribution in [0, 0.1) is 5.41 Å². The second-order valence-electron chi connectivity index (χ2n) is 9.76. The van der Waals surface area contributed by atoms with E-state index in [0.29, 0.717) is 17.0 Å². The summed E-state index contributed by atoms with van der Waals surface area (Å²) in [5, 5.41) is 34.4. The van der Waals surface area contributed by atoms with Crippen LogP contribution >= 0.6 is 0 Å². The van der Waals surface area contributed by atoms with Crippen LogP contribution in [-0.2, 0) is 14.3 Å². The van der Waals surface area contributed by atoms with Gasteiger partial charge < -0.3 is 30.1 Å². The first-order valence-electron chi connectivity index (χ1n) is 10.9. The molecule has 2 aromatic rings. The van der Waals surface area contributed by atoms with E-state index < -0.39 is 36.6 Å². The van der Waals surface area contributed by atoms with E-state index in [9.17, 15) is 20.1 Å². The molecular weight excluding hydrogens is 418 g/mol. The number of hydrogen-bond acceptors (Lipinski definition) is 10. The van der Waals surface area contributed by atoms with Crippen LogP contribution in [0.5, 0.6) is 0 Å². The van der Waals surface area contributed by atoms with Crippen molar-refractivity contribution in [3.8, 4) is 0 Å². The smallest absolute Gasteiger partial charge is 0.306 e. The molecule has 4 rings (SSSR count). The largest absolute Gasteiger partial charge is 0.463 e. The predicted octanol–water partition coefficient (Wildman–Crippen LogP) is 0.750. The van der Waals surface area contributed by atoms with Gasteiger partial charge in [0, 0.05) is 0 Å². The molecule has 11 heteroatoms. The average Bonchev–Trinajstić information content (AvgIpc) is 3.39. The van der Waals surface area contributed by atoms with Gasteiger partial charge in [0.2, 0.25) is 0 Å². The number of aromatic nitrogens is 4. The molecule has 4 N–H and O–H groups in total. The molecule has 1 aliphatic carbocycles. The molecule has 0 aromatic carbocycles. The maximum Gasteiger partial charge on any atom is 0.306 e. The van der Waals surface area contributed by atoms with Crippen molar-refractivity contribution in [2.45, 2.75) is 83.1 Å². The number of hydrogen-bond donors (Lipinski definition) is 4. The zero-order valence-electron chi connectivity index (χ0n) is 18.5. The van der Waals surface area contributed by atoms with Crippen LogP contribution in [0.2, 0.25) is 0 Å². The van der Waals surface area contributed by atoms with Gasteiger partial charge in [-0.25, -0.2) is 15.0 Å². The molecule has 2 aromatic heterocycles. The summed E-state index contributed by atoms with van der Waals surface area (Å²) in [5.41, 5.74) is 0.665. The van der Waals surface area contributed by atoms with Crippen LogP contribution in [0.4, 0.5) is 5.82 Å². The highest BCUT2D eigenvalue weighted by Gasteiger charge is 2.45. The van der Waals surface area contributed by atoms with Crippen molar-refractivity contribution in [3.05, 3.63) is 12.7 Å². The molecule has 11 nitrogen and oxygen atoms in total. The average molecular weight is 450 g/mol. The molecule has 32 heavy (non-hydrogen) atoms. The highest BCUT2D eigenvalue weighted by atomic mass is 16.6. The summed E-state index contributed by atoms with van der Waals surface area (Å²) in [5.74, 6) is 0.0947. The number of aliphatic hydroxyl groups excluding tert-OH is 3. The first kappa shape index (κ1) is 22.8. The Kier molecular flexibility index (Phi) is 6.35. The predicted molar refractivity (Wildman–Crippen MR) is 114 cm³/mol. The van der Waals surface area contributed by atoms with Gasteiger partial charge in [0.25, 0.3) is 0 Å². The second kappa shape index (κ2) is 8.89. The van der Waals surface area contributed by atoms with Crippen LogP contribution in [0.25, 0.3) is 11.2 Å². The fraction of sp³-hybridized carbons (Fsp3) is 0.714. The summed E-state index contributed by atoms with van der Waals surface area (Å²) in [6.07, 6.45) is 0.776. The summed E-state index contributed by atoms with van der Waals surface area (Å²) in [7, 11) is 0. The lowest BCUT2D eigenvalue weighted by atomic mass is 9.92. The maximum absolute atomic E-state index is 12.0. The molecule has 0 radical (unpaired) electrons. The number of nitrogens with one attached hydrogen (secondary N) is 1. The number of nitrogens with zero attached hydrogens (tertiary/aromatic N) is 4. The number of fused-ring (bicyclic) bond motifs is 1. The minimum Gasteiger partial charge on any atom is -0.463 e. The molecule has 6 atom stereocenters. The van der Waals surface area contributed by atoms with Gasteiger partial charge in [-0.15, -0.1) is 0 Å². The third kappa shape index (κ3) is 4.70. The minimum absolute atomic E-state index is 0.111. The molecular formula is C21H31N5O6. The van der Waals surface area contributed by atoms with Crippen molar-refractivity contribution in [2.75, 3.05) is 11.9 Å². The highest BCUT2D eigenvalue weighted by Crippen LogP contribution is 2.33. The van der Waals surface area contributed by atoms with Gasteiger partial charge in [-0.1, -0.05) is 20.8 Å². The molecule has 176 valence electrons. The lowest BCUT2D eigenvalue weighted by molar-refractivity contribution is -0.152. The Labute approximate surface area is 185 Å². The fourth-order valence-electron chi connectivity index (χ4n) is 4.18. The summed E-state index contributed by atoms with van der Waals surface area (Å²) in [6, 6.07) is -0.111. The third-order valence-electron chi connectivity index (χ3n) is 5.85. The number of rotatable bonds is 6. The summed E-state index contributed by atoms with van der Waals surface area (Å²) in [6.45, 7) is 5.62. The number of carbonyl (C=O) groups excluding carboxylic acids is 1. The lowest BCUT2D eigenvalue weighted by Gasteiger charge is -2.19. The van der Waals surface area contributed by atoms with Crippen molar-refractivity contribution in [2.24, 2.45) is 5.41 Å². The van der Waals surface area contributed by atoms with Crippen molar-refractivity contribution < 1.29 is 29.6 Å². The summed E-state index contributed by atoms with van der Waals surface area (Å²) >= 11 is 0. The minimum atomic E-state index is -1.26. The molecule has 3 heterocycles. The topological polar surface area (TPSA) is 152 Å². The first-order chi connectivity index (χ1) is 15.1. The first-order valence-corrected chi connectivity index (χ1v) is 10.9. The van der Waals surface area contributed by atoms with Crippen molar-refractivity contribution in [1.29, 1.82) is 0 Å². The summed E-state index contributed by atoms with van der Waals surface area (Å²) < 4.78 is 12.6. The summed E-state index contributed by atoms with van der Waals surface area (Å²) in [4.78, 5) is 24.9. The van der Waals surface area contributed by atoms with Gasteiger partial charge in [-0.2, -0.15) is 0 Å². The molecule has 1 saturated carbocycles. The molecule has 2 aliphatic rings. The van der Waals surface area contributed by atoms with E-state index in [1.807, 2.05) is 20.8 Å². The lowest BCUT2D eigenvalue weighted by Crippen LogP contribution is -2.34. The Hall–Kier alpha value is -2.34. The Morgan fingerprint density at radius 2 is 2.00 bits per heavy atom. The maximum atomic E-state index is 12.0. The van der Waals surface area contributed by atoms with E-state index in [2.05, 4.69) is 20.3 Å². The number of anilines is 1. The molecule has 0 bridgehead atoms. The monoisotopic (exact) mass is 449 g/mol. The second-order valence-corrected chi connectivity index (χ2v) is 9.76. The standard InChI is InChI=1S/C21H31N5O6/c1-21(2,3)7-14(28)31-8-13-16(29)17(30)20(32-13)26-10-24-15-18(22-9-23-19(15)26)25-11-5-4-6-12(11)27/h9-13,16-17,20,27,29-30H,4-8H2,1-3H3,(H,22,23,25)/t11-,12-,13-,16-,17-,20?/m1/s1. The van der Waals surface area contributed by atoms with E-state index in [0.717, 1.165) is 19.3 Å². The van der Waals surface area contributed by atoms with Crippen LogP contribution in [0.15, 0.2) is 12.7 Å². The molecule has 2 fully saturated rings. The number of ether oxygens (including phenoxy) is 2.